The lowest BCUT2D eigenvalue weighted by Gasteiger charge is -2.24. The van der Waals surface area contributed by atoms with E-state index in [2.05, 4.69) is 33.6 Å². The second-order valence-corrected chi connectivity index (χ2v) is 5.25. The molecular formula is C12H20N4. The molecule has 0 aromatic carbocycles. The van der Waals surface area contributed by atoms with Gasteiger partial charge in [0, 0.05) is 12.5 Å². The van der Waals surface area contributed by atoms with Crippen LogP contribution in [0.15, 0.2) is 0 Å². The molecule has 88 valence electrons. The van der Waals surface area contributed by atoms with Gasteiger partial charge in [-0.25, -0.2) is 0 Å². The Kier molecular flexibility index (Phi) is 2.46. The summed E-state index contributed by atoms with van der Waals surface area (Å²) < 4.78 is 2.38. The SMILES string of the molecule is CC1CCCn2c1nnc2C1CCCN1C. The molecule has 2 aliphatic heterocycles. The molecule has 0 bridgehead atoms. The highest BCUT2D eigenvalue weighted by Crippen LogP contribution is 2.33. The van der Waals surface area contributed by atoms with Crippen molar-refractivity contribution in [3.63, 3.8) is 0 Å². The van der Waals surface area contributed by atoms with Crippen LogP contribution in [-0.2, 0) is 6.54 Å². The minimum Gasteiger partial charge on any atom is -0.313 e. The van der Waals surface area contributed by atoms with E-state index in [-0.39, 0.29) is 0 Å². The van der Waals surface area contributed by atoms with Gasteiger partial charge in [-0.15, -0.1) is 10.2 Å². The lowest BCUT2D eigenvalue weighted by atomic mass is 10.0. The lowest BCUT2D eigenvalue weighted by molar-refractivity contribution is 0.292. The summed E-state index contributed by atoms with van der Waals surface area (Å²) >= 11 is 0. The molecule has 1 aromatic rings. The van der Waals surface area contributed by atoms with Crippen LogP contribution in [0.25, 0.3) is 0 Å². The Labute approximate surface area is 96.7 Å². The van der Waals surface area contributed by atoms with Gasteiger partial charge < -0.3 is 4.57 Å². The third-order valence-corrected chi connectivity index (χ3v) is 4.09. The van der Waals surface area contributed by atoms with Crippen molar-refractivity contribution in [2.24, 2.45) is 0 Å². The topological polar surface area (TPSA) is 34.0 Å². The standard InChI is InChI=1S/C12H20N4/c1-9-5-3-8-16-11(9)13-14-12(16)10-6-4-7-15(10)2/h9-10H,3-8H2,1-2H3. The van der Waals surface area contributed by atoms with E-state index in [0.29, 0.717) is 12.0 Å². The second kappa shape index (κ2) is 3.84. The van der Waals surface area contributed by atoms with Crippen molar-refractivity contribution >= 4 is 0 Å². The smallest absolute Gasteiger partial charge is 0.150 e. The maximum Gasteiger partial charge on any atom is 0.150 e. The number of aromatic nitrogens is 3. The van der Waals surface area contributed by atoms with E-state index in [9.17, 15) is 0 Å². The van der Waals surface area contributed by atoms with E-state index >= 15 is 0 Å². The van der Waals surface area contributed by atoms with Crippen LogP contribution in [0.5, 0.6) is 0 Å². The van der Waals surface area contributed by atoms with Crippen molar-refractivity contribution in [2.75, 3.05) is 13.6 Å². The maximum atomic E-state index is 4.45. The Balaban J connectivity index is 1.96. The fraction of sp³-hybridized carbons (Fsp3) is 0.833. The maximum absolute atomic E-state index is 4.45. The average Bonchev–Trinajstić information content (AvgIpc) is 2.84. The first-order chi connectivity index (χ1) is 7.77. The molecule has 0 aliphatic carbocycles. The first-order valence-corrected chi connectivity index (χ1v) is 6.40. The Morgan fingerprint density at radius 1 is 1.06 bits per heavy atom. The summed E-state index contributed by atoms with van der Waals surface area (Å²) in [7, 11) is 2.20. The van der Waals surface area contributed by atoms with Crippen molar-refractivity contribution in [3.05, 3.63) is 11.6 Å². The van der Waals surface area contributed by atoms with Gasteiger partial charge in [0.1, 0.15) is 11.6 Å². The molecule has 3 heterocycles. The number of fused-ring (bicyclic) bond motifs is 1. The molecule has 0 amide bonds. The van der Waals surface area contributed by atoms with Gasteiger partial charge in [0.25, 0.3) is 0 Å². The highest BCUT2D eigenvalue weighted by molar-refractivity contribution is 5.08. The Morgan fingerprint density at radius 2 is 1.81 bits per heavy atom. The third kappa shape index (κ3) is 1.47. The monoisotopic (exact) mass is 220 g/mol. The van der Waals surface area contributed by atoms with E-state index in [1.54, 1.807) is 0 Å². The number of likely N-dealkylation sites (tertiary alicyclic amines) is 1. The van der Waals surface area contributed by atoms with Crippen LogP contribution in [0.4, 0.5) is 0 Å². The normalized spacial score (nSPS) is 30.6. The molecule has 0 N–H and O–H groups in total. The van der Waals surface area contributed by atoms with Crippen LogP contribution in [-0.4, -0.2) is 33.3 Å². The van der Waals surface area contributed by atoms with Gasteiger partial charge in [0.05, 0.1) is 6.04 Å². The van der Waals surface area contributed by atoms with Crippen LogP contribution in [0.3, 0.4) is 0 Å². The second-order valence-electron chi connectivity index (χ2n) is 5.25. The van der Waals surface area contributed by atoms with Crippen LogP contribution >= 0.6 is 0 Å². The van der Waals surface area contributed by atoms with Gasteiger partial charge >= 0.3 is 0 Å². The molecule has 1 saturated heterocycles. The summed E-state index contributed by atoms with van der Waals surface area (Å²) in [6, 6.07) is 0.506. The third-order valence-electron chi connectivity index (χ3n) is 4.09. The van der Waals surface area contributed by atoms with Crippen molar-refractivity contribution in [2.45, 2.75) is 51.1 Å². The van der Waals surface area contributed by atoms with E-state index in [1.165, 1.54) is 43.9 Å². The minimum absolute atomic E-state index is 0.506. The van der Waals surface area contributed by atoms with Crippen molar-refractivity contribution < 1.29 is 0 Å². The summed E-state index contributed by atoms with van der Waals surface area (Å²) in [5.41, 5.74) is 0. The summed E-state index contributed by atoms with van der Waals surface area (Å²) in [6.07, 6.45) is 5.07. The summed E-state index contributed by atoms with van der Waals surface area (Å²) in [6.45, 7) is 4.58. The fourth-order valence-corrected chi connectivity index (χ4v) is 3.09. The van der Waals surface area contributed by atoms with Crippen LogP contribution in [0.1, 0.15) is 56.2 Å². The largest absolute Gasteiger partial charge is 0.313 e. The predicted molar refractivity (Wildman–Crippen MR) is 62.3 cm³/mol. The van der Waals surface area contributed by atoms with Gasteiger partial charge in [-0.05, 0) is 39.3 Å². The molecule has 1 fully saturated rings. The predicted octanol–water partition coefficient (Wildman–Crippen LogP) is 1.94. The Bertz CT molecular complexity index is 384. The summed E-state index contributed by atoms with van der Waals surface area (Å²) in [4.78, 5) is 2.41. The minimum atomic E-state index is 0.506. The number of hydrogen-bond acceptors (Lipinski definition) is 3. The number of rotatable bonds is 1. The molecular weight excluding hydrogens is 200 g/mol. The highest BCUT2D eigenvalue weighted by Gasteiger charge is 2.30. The molecule has 4 nitrogen and oxygen atoms in total. The first kappa shape index (κ1) is 10.3. The van der Waals surface area contributed by atoms with Gasteiger partial charge in [-0.1, -0.05) is 6.92 Å². The van der Waals surface area contributed by atoms with E-state index in [0.717, 1.165) is 6.54 Å². The van der Waals surface area contributed by atoms with Gasteiger partial charge in [0.2, 0.25) is 0 Å². The Morgan fingerprint density at radius 3 is 2.56 bits per heavy atom. The molecule has 1 aromatic heterocycles. The zero-order valence-electron chi connectivity index (χ0n) is 10.2. The van der Waals surface area contributed by atoms with Crippen molar-refractivity contribution in [1.82, 2.24) is 19.7 Å². The molecule has 0 radical (unpaired) electrons. The van der Waals surface area contributed by atoms with Crippen molar-refractivity contribution in [1.29, 1.82) is 0 Å². The van der Waals surface area contributed by atoms with Crippen LogP contribution in [0, 0.1) is 0 Å². The molecule has 2 unspecified atom stereocenters. The van der Waals surface area contributed by atoms with Gasteiger partial charge in [-0.3, -0.25) is 4.90 Å². The molecule has 16 heavy (non-hydrogen) atoms. The van der Waals surface area contributed by atoms with E-state index < -0.39 is 0 Å². The zero-order chi connectivity index (χ0) is 11.1. The van der Waals surface area contributed by atoms with E-state index in [1.807, 2.05) is 0 Å². The summed E-state index contributed by atoms with van der Waals surface area (Å²) in [5, 5.41) is 8.86. The first-order valence-electron chi connectivity index (χ1n) is 6.40. The lowest BCUT2D eigenvalue weighted by Crippen LogP contribution is -2.23. The van der Waals surface area contributed by atoms with Gasteiger partial charge in [0.15, 0.2) is 0 Å². The van der Waals surface area contributed by atoms with Crippen LogP contribution < -0.4 is 0 Å². The molecule has 0 saturated carbocycles. The quantitative estimate of drug-likeness (QED) is 0.725. The molecule has 0 spiro atoms. The molecule has 4 heteroatoms. The number of hydrogen-bond donors (Lipinski definition) is 0. The Hall–Kier alpha value is -0.900. The zero-order valence-corrected chi connectivity index (χ0v) is 10.2. The molecule has 2 atom stereocenters. The van der Waals surface area contributed by atoms with Crippen LogP contribution in [0.2, 0.25) is 0 Å². The van der Waals surface area contributed by atoms with Crippen molar-refractivity contribution in [3.8, 4) is 0 Å². The fourth-order valence-electron chi connectivity index (χ4n) is 3.09. The molecule has 3 rings (SSSR count). The number of nitrogens with zero attached hydrogens (tertiary/aromatic N) is 4. The average molecular weight is 220 g/mol. The molecule has 2 aliphatic rings. The van der Waals surface area contributed by atoms with Gasteiger partial charge in [-0.2, -0.15) is 0 Å². The summed E-state index contributed by atoms with van der Waals surface area (Å²) in [5.74, 6) is 3.00. The highest BCUT2D eigenvalue weighted by atomic mass is 15.3. The van der Waals surface area contributed by atoms with E-state index in [4.69, 9.17) is 0 Å².